The fourth-order valence-electron chi connectivity index (χ4n) is 3.20. The van der Waals surface area contributed by atoms with Gasteiger partial charge in [-0.15, -0.1) is 0 Å². The smallest absolute Gasteiger partial charge is 0.303 e. The molecule has 1 saturated heterocycles. The second-order valence-corrected chi connectivity index (χ2v) is 6.49. The summed E-state index contributed by atoms with van der Waals surface area (Å²) in [5.74, 6) is -0.360. The zero-order chi connectivity index (χ0) is 17.8. The lowest BCUT2D eigenvalue weighted by Gasteiger charge is -2.21. The van der Waals surface area contributed by atoms with Crippen molar-refractivity contribution in [3.05, 3.63) is 12.7 Å². The number of nitrogens with zero attached hydrogens (tertiary/aromatic N) is 5. The number of carboxylic acid groups (broad SMARTS) is 1. The first kappa shape index (κ1) is 17.6. The van der Waals surface area contributed by atoms with Crippen molar-refractivity contribution in [1.29, 1.82) is 0 Å². The Hall–Kier alpha value is -2.26. The molecule has 9 heteroatoms. The Bertz CT molecular complexity index is 734. The Morgan fingerprint density at radius 3 is 3.04 bits per heavy atom. The number of anilines is 1. The third kappa shape index (κ3) is 4.23. The first-order valence-electron chi connectivity index (χ1n) is 8.53. The van der Waals surface area contributed by atoms with Gasteiger partial charge < -0.3 is 20.5 Å². The summed E-state index contributed by atoms with van der Waals surface area (Å²) in [6.07, 6.45) is 6.87. The molecule has 3 N–H and O–H groups in total. The quantitative estimate of drug-likeness (QED) is 0.685. The summed E-state index contributed by atoms with van der Waals surface area (Å²) in [5.41, 5.74) is 7.12. The molecule has 0 radical (unpaired) electrons. The second-order valence-electron chi connectivity index (χ2n) is 6.49. The molecule has 25 heavy (non-hydrogen) atoms. The third-order valence-corrected chi connectivity index (χ3v) is 4.48. The third-order valence-electron chi connectivity index (χ3n) is 4.48. The van der Waals surface area contributed by atoms with Crippen molar-refractivity contribution in [3.8, 4) is 0 Å². The van der Waals surface area contributed by atoms with Crippen molar-refractivity contribution >= 4 is 23.0 Å². The zero-order valence-electron chi connectivity index (χ0n) is 14.3. The van der Waals surface area contributed by atoms with E-state index in [1.165, 1.54) is 6.33 Å². The maximum atomic E-state index is 10.5. The number of aromatic nitrogens is 4. The number of hydrogen-bond acceptors (Lipinski definition) is 7. The van der Waals surface area contributed by atoms with Crippen molar-refractivity contribution in [1.82, 2.24) is 24.4 Å². The number of imidazole rings is 1. The topological polar surface area (TPSA) is 119 Å². The zero-order valence-corrected chi connectivity index (χ0v) is 14.3. The minimum absolute atomic E-state index is 0.0929. The van der Waals surface area contributed by atoms with Gasteiger partial charge in [0.1, 0.15) is 18.1 Å². The molecule has 1 fully saturated rings. The summed E-state index contributed by atoms with van der Waals surface area (Å²) in [6.45, 7) is 1.70. The molecule has 0 aromatic carbocycles. The highest BCUT2D eigenvalue weighted by Gasteiger charge is 2.28. The lowest BCUT2D eigenvalue weighted by Crippen LogP contribution is -2.30. The molecule has 2 aromatic heterocycles. The Morgan fingerprint density at radius 1 is 1.40 bits per heavy atom. The van der Waals surface area contributed by atoms with E-state index < -0.39 is 5.97 Å². The van der Waals surface area contributed by atoms with Crippen LogP contribution in [-0.4, -0.2) is 61.7 Å². The van der Waals surface area contributed by atoms with E-state index in [0.717, 1.165) is 32.4 Å². The van der Waals surface area contributed by atoms with Crippen molar-refractivity contribution in [2.75, 3.05) is 25.9 Å². The van der Waals surface area contributed by atoms with Crippen LogP contribution in [0.3, 0.4) is 0 Å². The number of nitrogen functional groups attached to an aromatic ring is 1. The maximum absolute atomic E-state index is 10.5. The predicted molar refractivity (Wildman–Crippen MR) is 91.9 cm³/mol. The Balaban J connectivity index is 1.51. The van der Waals surface area contributed by atoms with Crippen LogP contribution in [0.1, 0.15) is 38.3 Å². The molecule has 0 aliphatic carbocycles. The second kappa shape index (κ2) is 7.75. The molecule has 1 aliphatic heterocycles. The monoisotopic (exact) mass is 348 g/mol. The summed E-state index contributed by atoms with van der Waals surface area (Å²) < 4.78 is 8.07. The largest absolute Gasteiger partial charge is 0.481 e. The fraction of sp³-hybridized carbons (Fsp3) is 0.625. The van der Waals surface area contributed by atoms with Crippen LogP contribution in [0.25, 0.3) is 11.2 Å². The van der Waals surface area contributed by atoms with Crippen molar-refractivity contribution < 1.29 is 14.6 Å². The number of unbranched alkanes of at least 4 members (excludes halogenated alkanes) is 1. The molecule has 2 aromatic rings. The van der Waals surface area contributed by atoms with Crippen molar-refractivity contribution in [2.45, 2.75) is 44.4 Å². The first-order chi connectivity index (χ1) is 12.0. The summed E-state index contributed by atoms with van der Waals surface area (Å²) in [7, 11) is 2.04. The van der Waals surface area contributed by atoms with Crippen LogP contribution in [0.2, 0.25) is 0 Å². The molecular formula is C16H24N6O3. The fourth-order valence-corrected chi connectivity index (χ4v) is 3.20. The molecule has 9 nitrogen and oxygen atoms in total. The number of carbonyl (C=O) groups is 1. The van der Waals surface area contributed by atoms with Crippen LogP contribution < -0.4 is 5.73 Å². The van der Waals surface area contributed by atoms with Gasteiger partial charge in [0.15, 0.2) is 11.5 Å². The Labute approximate surface area is 145 Å². The minimum atomic E-state index is -0.735. The number of ether oxygens (including phenoxy) is 1. The molecule has 1 aliphatic rings. The van der Waals surface area contributed by atoms with Gasteiger partial charge in [-0.3, -0.25) is 9.36 Å². The van der Waals surface area contributed by atoms with Gasteiger partial charge >= 0.3 is 5.97 Å². The highest BCUT2D eigenvalue weighted by Crippen LogP contribution is 2.31. The predicted octanol–water partition coefficient (Wildman–Crippen LogP) is 1.27. The van der Waals surface area contributed by atoms with E-state index >= 15 is 0 Å². The standard InChI is InChI=1S/C16H24N6O3/c1-21(7-3-2-4-13(23)24)8-11-5-6-12(25-11)22-10-20-14-15(17)18-9-19-16(14)22/h9-12H,2-8H2,1H3,(H,23,24)(H2,17,18,19). The maximum Gasteiger partial charge on any atom is 0.303 e. The van der Waals surface area contributed by atoms with Crippen LogP contribution in [0, 0.1) is 0 Å². The molecule has 0 amide bonds. The summed E-state index contributed by atoms with van der Waals surface area (Å²) in [6, 6.07) is 0. The van der Waals surface area contributed by atoms with Crippen molar-refractivity contribution in [2.24, 2.45) is 0 Å². The molecule has 3 heterocycles. The number of hydrogen-bond donors (Lipinski definition) is 2. The summed E-state index contributed by atoms with van der Waals surface area (Å²) >= 11 is 0. The van der Waals surface area contributed by atoms with Gasteiger partial charge in [0.2, 0.25) is 0 Å². The molecule has 2 unspecified atom stereocenters. The van der Waals surface area contributed by atoms with Crippen molar-refractivity contribution in [3.63, 3.8) is 0 Å². The number of aliphatic carboxylic acids is 1. The molecule has 3 rings (SSSR count). The van der Waals surface area contributed by atoms with Gasteiger partial charge in [-0.2, -0.15) is 0 Å². The van der Waals surface area contributed by atoms with E-state index in [1.807, 2.05) is 11.6 Å². The number of likely N-dealkylation sites (N-methyl/N-ethyl adjacent to an activating group) is 1. The van der Waals surface area contributed by atoms with E-state index in [9.17, 15) is 4.79 Å². The number of fused-ring (bicyclic) bond motifs is 1. The number of rotatable bonds is 8. The molecule has 2 atom stereocenters. The average molecular weight is 348 g/mol. The van der Waals surface area contributed by atoms with Gasteiger partial charge in [-0.05, 0) is 39.3 Å². The minimum Gasteiger partial charge on any atom is -0.481 e. The highest BCUT2D eigenvalue weighted by atomic mass is 16.5. The Kier molecular flexibility index (Phi) is 5.44. The molecule has 0 bridgehead atoms. The lowest BCUT2D eigenvalue weighted by molar-refractivity contribution is -0.137. The summed E-state index contributed by atoms with van der Waals surface area (Å²) in [5, 5.41) is 8.66. The molecular weight excluding hydrogens is 324 g/mol. The SMILES string of the molecule is CN(CCCCC(=O)O)CC1CCC(n2cnc3c(N)ncnc32)O1. The van der Waals surface area contributed by atoms with E-state index in [2.05, 4.69) is 19.9 Å². The first-order valence-corrected chi connectivity index (χ1v) is 8.53. The van der Waals surface area contributed by atoms with Crippen LogP contribution in [0.5, 0.6) is 0 Å². The van der Waals surface area contributed by atoms with Gasteiger partial charge in [-0.25, -0.2) is 15.0 Å². The Morgan fingerprint density at radius 2 is 2.24 bits per heavy atom. The average Bonchev–Trinajstić information content (AvgIpc) is 3.18. The number of nitrogens with two attached hydrogens (primary N) is 1. The van der Waals surface area contributed by atoms with E-state index in [0.29, 0.717) is 23.4 Å². The number of carboxylic acids is 1. The van der Waals surface area contributed by atoms with Crippen LogP contribution in [0.15, 0.2) is 12.7 Å². The van der Waals surface area contributed by atoms with E-state index in [1.54, 1.807) is 6.33 Å². The van der Waals surface area contributed by atoms with Crippen LogP contribution in [0.4, 0.5) is 5.82 Å². The van der Waals surface area contributed by atoms with Gasteiger partial charge in [0.25, 0.3) is 0 Å². The van der Waals surface area contributed by atoms with Crippen LogP contribution >= 0.6 is 0 Å². The molecule has 136 valence electrons. The molecule has 0 saturated carbocycles. The lowest BCUT2D eigenvalue weighted by atomic mass is 10.2. The van der Waals surface area contributed by atoms with Crippen LogP contribution in [-0.2, 0) is 9.53 Å². The van der Waals surface area contributed by atoms with E-state index in [4.69, 9.17) is 15.6 Å². The normalized spacial score (nSPS) is 20.6. The molecule has 0 spiro atoms. The van der Waals surface area contributed by atoms with Gasteiger partial charge in [0.05, 0.1) is 12.4 Å². The highest BCUT2D eigenvalue weighted by molar-refractivity contribution is 5.81. The van der Waals surface area contributed by atoms with Gasteiger partial charge in [-0.1, -0.05) is 0 Å². The van der Waals surface area contributed by atoms with Gasteiger partial charge in [0, 0.05) is 13.0 Å². The summed E-state index contributed by atoms with van der Waals surface area (Å²) in [4.78, 5) is 25.2. The van der Waals surface area contributed by atoms with E-state index in [-0.39, 0.29) is 18.8 Å².